The summed E-state index contributed by atoms with van der Waals surface area (Å²) in [5, 5.41) is 9.87. The van der Waals surface area contributed by atoms with Crippen molar-refractivity contribution >= 4 is 11.9 Å². The topological polar surface area (TPSA) is 147 Å². The van der Waals surface area contributed by atoms with Gasteiger partial charge in [0.15, 0.2) is 17.9 Å². The van der Waals surface area contributed by atoms with Crippen LogP contribution in [0.15, 0.2) is 24.3 Å². The molecule has 6 saturated heterocycles. The Morgan fingerprint density at radius 2 is 1.68 bits per heavy atom. The SMILES string of the molecule is CC[C@@]1([C@@H]2O[C@H]([C@H]3O[C@@]4(CO[C@@H](c5ccc(OC)cc5)O4)[C@H](C)C[C@@H]3C)C[C@@H]2C)CC[C@H]([C@@]2(C)CC[C@]3(C[C@H](OC(C)=O)[C@@H](C)[C@@H]([C@@H](C)[C@@H](OC)[C@H](C)C(=O)O)O3)O2)O1. The lowest BCUT2D eigenvalue weighted by atomic mass is 9.78. The van der Waals surface area contributed by atoms with Gasteiger partial charge in [0.05, 0.1) is 60.9 Å². The number of benzene rings is 1. The van der Waals surface area contributed by atoms with E-state index in [0.717, 1.165) is 43.4 Å². The molecule has 0 radical (unpaired) electrons. The summed E-state index contributed by atoms with van der Waals surface area (Å²) < 4.78 is 65.4. The van der Waals surface area contributed by atoms with Gasteiger partial charge in [0.25, 0.3) is 0 Å². The van der Waals surface area contributed by atoms with E-state index in [4.69, 9.17) is 47.4 Å². The van der Waals surface area contributed by atoms with Crippen molar-refractivity contribution in [2.75, 3.05) is 20.8 Å². The molecule has 6 aliphatic heterocycles. The Labute approximate surface area is 350 Å². The van der Waals surface area contributed by atoms with Gasteiger partial charge in [-0.05, 0) is 76.3 Å². The maximum atomic E-state index is 12.4. The standard InChI is InChI=1S/C46H70O13/c1-12-44(40-26(3)22-34(54-40)37-25(2)21-27(4)46(57-37)24-52-42(58-46)32-13-15-33(50-10)16-14-32)18-17-36(55-44)43(9)19-20-45(59-43)23-35(53-31(8)47)28(5)39(56-45)29(6)38(51-11)30(7)41(48)49/h13-16,25-30,34-40,42H,12,17-24H2,1-11H3,(H,48,49)/t25-,26-,27+,28+,29-,30-,34-,35-,36+,37-,38+,39-,40+,42+,43+,44-,45+,46+/m0/s1. The Kier molecular flexibility index (Phi) is 12.9. The van der Waals surface area contributed by atoms with Gasteiger partial charge in [-0.15, -0.1) is 0 Å². The molecule has 0 aromatic heterocycles. The molecule has 1 aromatic carbocycles. The Morgan fingerprint density at radius 3 is 2.32 bits per heavy atom. The zero-order valence-corrected chi connectivity index (χ0v) is 37.1. The van der Waals surface area contributed by atoms with Gasteiger partial charge in [0.1, 0.15) is 18.5 Å². The summed E-state index contributed by atoms with van der Waals surface area (Å²) in [4.78, 5) is 24.4. The van der Waals surface area contributed by atoms with E-state index in [9.17, 15) is 14.7 Å². The summed E-state index contributed by atoms with van der Waals surface area (Å²) in [7, 11) is 3.18. The van der Waals surface area contributed by atoms with Crippen molar-refractivity contribution in [2.24, 2.45) is 35.5 Å². The van der Waals surface area contributed by atoms with E-state index in [0.29, 0.717) is 25.9 Å². The highest BCUT2D eigenvalue weighted by Crippen LogP contribution is 2.56. The van der Waals surface area contributed by atoms with Crippen molar-refractivity contribution in [3.05, 3.63) is 29.8 Å². The minimum absolute atomic E-state index is 0.125. The van der Waals surface area contributed by atoms with Gasteiger partial charge in [0.2, 0.25) is 0 Å². The molecule has 6 heterocycles. The monoisotopic (exact) mass is 830 g/mol. The summed E-state index contributed by atoms with van der Waals surface area (Å²) >= 11 is 0. The number of carboxylic acid groups (broad SMARTS) is 1. The second-order valence-electron chi connectivity index (χ2n) is 19.2. The summed E-state index contributed by atoms with van der Waals surface area (Å²) in [6.07, 6.45) is 3.14. The van der Waals surface area contributed by atoms with E-state index < -0.39 is 59.3 Å². The smallest absolute Gasteiger partial charge is 0.308 e. The fourth-order valence-corrected chi connectivity index (χ4v) is 11.7. The third-order valence-corrected chi connectivity index (χ3v) is 15.2. The highest BCUT2D eigenvalue weighted by molar-refractivity contribution is 5.70. The first-order chi connectivity index (χ1) is 27.9. The minimum Gasteiger partial charge on any atom is -0.497 e. The number of hydrogen-bond acceptors (Lipinski definition) is 12. The fourth-order valence-electron chi connectivity index (χ4n) is 11.7. The predicted octanol–water partition coefficient (Wildman–Crippen LogP) is 7.61. The summed E-state index contributed by atoms with van der Waals surface area (Å²) in [5.74, 6) is -3.10. The van der Waals surface area contributed by atoms with Gasteiger partial charge in [-0.1, -0.05) is 53.7 Å². The van der Waals surface area contributed by atoms with Crippen LogP contribution in [0, 0.1) is 35.5 Å². The van der Waals surface area contributed by atoms with Crippen molar-refractivity contribution in [2.45, 2.75) is 185 Å². The lowest BCUT2D eigenvalue weighted by molar-refractivity contribution is -0.336. The maximum Gasteiger partial charge on any atom is 0.308 e. The molecule has 0 saturated carbocycles. The Morgan fingerprint density at radius 1 is 0.949 bits per heavy atom. The molecular formula is C46H70O13. The van der Waals surface area contributed by atoms with E-state index >= 15 is 0 Å². The summed E-state index contributed by atoms with van der Waals surface area (Å²) in [6.45, 7) is 18.4. The number of hydrogen-bond donors (Lipinski definition) is 1. The zero-order valence-electron chi connectivity index (χ0n) is 37.1. The van der Waals surface area contributed by atoms with Crippen LogP contribution in [-0.4, -0.2) is 103 Å². The van der Waals surface area contributed by atoms with Gasteiger partial charge in [-0.2, -0.15) is 0 Å². The van der Waals surface area contributed by atoms with Gasteiger partial charge < -0.3 is 52.5 Å². The summed E-state index contributed by atoms with van der Waals surface area (Å²) in [6, 6.07) is 7.78. The molecule has 332 valence electrons. The molecule has 0 unspecified atom stereocenters. The molecule has 1 aromatic rings. The molecule has 0 amide bonds. The Hall–Kier alpha value is -2.36. The molecule has 2 spiro atoms. The first kappa shape index (κ1) is 44.7. The van der Waals surface area contributed by atoms with E-state index in [1.54, 1.807) is 14.0 Å². The van der Waals surface area contributed by atoms with E-state index in [2.05, 4.69) is 34.6 Å². The molecule has 18 atom stereocenters. The normalized spacial score (nSPS) is 45.1. The van der Waals surface area contributed by atoms with E-state index in [1.165, 1.54) is 14.0 Å². The first-order valence-electron chi connectivity index (χ1n) is 22.2. The number of carbonyl (C=O) groups is 2. The molecule has 0 bridgehead atoms. The molecule has 13 heteroatoms. The van der Waals surface area contributed by atoms with E-state index in [-0.39, 0.29) is 60.0 Å². The van der Waals surface area contributed by atoms with Crippen LogP contribution in [0.3, 0.4) is 0 Å². The molecule has 1 N–H and O–H groups in total. The van der Waals surface area contributed by atoms with Crippen molar-refractivity contribution in [1.29, 1.82) is 0 Å². The van der Waals surface area contributed by atoms with Crippen LogP contribution in [-0.2, 0) is 52.2 Å². The third kappa shape index (κ3) is 8.33. The van der Waals surface area contributed by atoms with Crippen molar-refractivity contribution in [3.63, 3.8) is 0 Å². The lowest BCUT2D eigenvalue weighted by Gasteiger charge is -2.49. The van der Waals surface area contributed by atoms with Gasteiger partial charge in [-0.3, -0.25) is 9.59 Å². The van der Waals surface area contributed by atoms with Crippen LogP contribution in [0.2, 0.25) is 0 Å². The van der Waals surface area contributed by atoms with Crippen LogP contribution in [0.5, 0.6) is 5.75 Å². The highest BCUT2D eigenvalue weighted by Gasteiger charge is 2.63. The largest absolute Gasteiger partial charge is 0.497 e. The van der Waals surface area contributed by atoms with Crippen LogP contribution in [0.25, 0.3) is 0 Å². The zero-order chi connectivity index (χ0) is 42.7. The third-order valence-electron chi connectivity index (χ3n) is 15.2. The molecular weight excluding hydrogens is 760 g/mol. The minimum atomic E-state index is -1.03. The average Bonchev–Trinajstić information content (AvgIpc) is 4.00. The fraction of sp³-hybridized carbons (Fsp3) is 0.826. The number of rotatable bonds is 12. The number of carboxylic acids is 1. The summed E-state index contributed by atoms with van der Waals surface area (Å²) in [5.41, 5.74) is -0.253. The molecule has 0 aliphatic carbocycles. The molecule has 59 heavy (non-hydrogen) atoms. The molecule has 6 fully saturated rings. The number of esters is 1. The average molecular weight is 831 g/mol. The first-order valence-corrected chi connectivity index (χ1v) is 22.2. The van der Waals surface area contributed by atoms with Crippen molar-refractivity contribution in [3.8, 4) is 5.75 Å². The van der Waals surface area contributed by atoms with Crippen LogP contribution in [0.4, 0.5) is 0 Å². The van der Waals surface area contributed by atoms with Crippen LogP contribution >= 0.6 is 0 Å². The molecule has 6 aliphatic rings. The predicted molar refractivity (Wildman–Crippen MR) is 215 cm³/mol. The van der Waals surface area contributed by atoms with Crippen LogP contribution in [0.1, 0.15) is 126 Å². The maximum absolute atomic E-state index is 12.4. The molecule has 13 nitrogen and oxygen atoms in total. The van der Waals surface area contributed by atoms with Crippen molar-refractivity contribution < 1.29 is 62.1 Å². The number of ether oxygens (including phenoxy) is 10. The van der Waals surface area contributed by atoms with Gasteiger partial charge in [0, 0.05) is 50.2 Å². The highest BCUT2D eigenvalue weighted by atomic mass is 16.8. The lowest BCUT2D eigenvalue weighted by Crippen LogP contribution is -2.57. The second-order valence-corrected chi connectivity index (χ2v) is 19.2. The van der Waals surface area contributed by atoms with Crippen LogP contribution < -0.4 is 4.74 Å². The van der Waals surface area contributed by atoms with Gasteiger partial charge in [-0.25, -0.2) is 0 Å². The van der Waals surface area contributed by atoms with E-state index in [1.807, 2.05) is 38.1 Å². The Bertz CT molecular complexity index is 1640. The Balaban J connectivity index is 1.04. The number of methoxy groups -OCH3 is 2. The molecule has 7 rings (SSSR count). The van der Waals surface area contributed by atoms with Gasteiger partial charge >= 0.3 is 11.9 Å². The van der Waals surface area contributed by atoms with Crippen molar-refractivity contribution in [1.82, 2.24) is 0 Å². The quantitative estimate of drug-likeness (QED) is 0.206. The second kappa shape index (κ2) is 17.1. The number of carbonyl (C=O) groups excluding carboxylic acids is 1. The number of aliphatic carboxylic acids is 1.